The fourth-order valence-electron chi connectivity index (χ4n) is 2.25. The Morgan fingerprint density at radius 2 is 1.91 bits per heavy atom. The van der Waals surface area contributed by atoms with Crippen LogP contribution in [0.15, 0.2) is 48.7 Å². The van der Waals surface area contributed by atoms with Crippen molar-refractivity contribution < 1.29 is 10.0 Å². The number of rotatable bonds is 6. The molecule has 22 heavy (non-hydrogen) atoms. The van der Waals surface area contributed by atoms with E-state index in [-0.39, 0.29) is 18.1 Å². The lowest BCUT2D eigenvalue weighted by Crippen LogP contribution is -2.39. The van der Waals surface area contributed by atoms with Crippen molar-refractivity contribution in [3.63, 3.8) is 0 Å². The maximum atomic E-state index is 11.2. The van der Waals surface area contributed by atoms with E-state index in [1.165, 1.54) is 18.3 Å². The van der Waals surface area contributed by atoms with Crippen molar-refractivity contribution in [2.45, 2.75) is 26.0 Å². The Bertz CT molecular complexity index is 639. The average molecular weight is 301 g/mol. The lowest BCUT2D eigenvalue weighted by Gasteiger charge is -2.29. The summed E-state index contributed by atoms with van der Waals surface area (Å²) >= 11 is 0. The molecule has 1 heterocycles. The molecule has 0 atom stereocenters. The van der Waals surface area contributed by atoms with E-state index >= 15 is 0 Å². The minimum atomic E-state index is -1.000. The summed E-state index contributed by atoms with van der Waals surface area (Å²) < 4.78 is 0. The molecule has 1 aromatic heterocycles. The molecule has 0 fully saturated rings. The third kappa shape index (κ3) is 4.26. The molecule has 0 aliphatic heterocycles. The van der Waals surface area contributed by atoms with Gasteiger partial charge in [-0.05, 0) is 25.5 Å². The molecule has 1 N–H and O–H groups in total. The monoisotopic (exact) mass is 301 g/mol. The highest BCUT2D eigenvalue weighted by molar-refractivity contribution is 5.57. The second kappa shape index (κ2) is 6.53. The molecule has 2 rings (SSSR count). The third-order valence-electron chi connectivity index (χ3n) is 3.06. The molecule has 1 aromatic carbocycles. The topological polar surface area (TPSA) is 79.5 Å². The van der Waals surface area contributed by atoms with Crippen LogP contribution in [0.4, 0.5) is 11.5 Å². The van der Waals surface area contributed by atoms with Crippen molar-refractivity contribution in [1.82, 2.24) is 4.98 Å². The summed E-state index contributed by atoms with van der Waals surface area (Å²) in [6, 6.07) is 12.6. The molecular formula is C16H19N3O3. The highest BCUT2D eigenvalue weighted by atomic mass is 16.6. The Kier molecular flexibility index (Phi) is 4.72. The van der Waals surface area contributed by atoms with E-state index in [0.717, 1.165) is 5.56 Å². The molecule has 2 aromatic rings. The number of nitro groups is 1. The van der Waals surface area contributed by atoms with Gasteiger partial charge in [-0.3, -0.25) is 10.1 Å². The molecule has 0 aliphatic carbocycles. The van der Waals surface area contributed by atoms with E-state index in [1.807, 2.05) is 30.3 Å². The van der Waals surface area contributed by atoms with E-state index in [2.05, 4.69) is 4.98 Å². The SMILES string of the molecule is CC(C)(O)CN(Cc1ccccc1)c1ncccc1[N+](=O)[O-]. The quantitative estimate of drug-likeness (QED) is 0.655. The van der Waals surface area contributed by atoms with Crippen LogP contribution >= 0.6 is 0 Å². The Morgan fingerprint density at radius 1 is 1.23 bits per heavy atom. The van der Waals surface area contributed by atoms with Crippen molar-refractivity contribution in [3.8, 4) is 0 Å². The molecule has 0 saturated carbocycles. The third-order valence-corrected chi connectivity index (χ3v) is 3.06. The minimum Gasteiger partial charge on any atom is -0.389 e. The van der Waals surface area contributed by atoms with Gasteiger partial charge in [0.05, 0.1) is 10.5 Å². The molecule has 0 bridgehead atoms. The molecule has 0 unspecified atom stereocenters. The number of aliphatic hydroxyl groups is 1. The van der Waals surface area contributed by atoms with Gasteiger partial charge in [0.2, 0.25) is 5.82 Å². The van der Waals surface area contributed by atoms with E-state index in [9.17, 15) is 15.2 Å². The van der Waals surface area contributed by atoms with E-state index in [4.69, 9.17) is 0 Å². The first-order valence-electron chi connectivity index (χ1n) is 6.97. The predicted molar refractivity (Wildman–Crippen MR) is 84.7 cm³/mol. The molecule has 0 saturated heterocycles. The molecule has 0 radical (unpaired) electrons. The zero-order valence-electron chi connectivity index (χ0n) is 12.6. The smallest absolute Gasteiger partial charge is 0.311 e. The maximum absolute atomic E-state index is 11.2. The van der Waals surface area contributed by atoms with Crippen LogP contribution < -0.4 is 4.90 Å². The fraction of sp³-hybridized carbons (Fsp3) is 0.312. The molecule has 6 nitrogen and oxygen atoms in total. The van der Waals surface area contributed by atoms with Crippen LogP contribution in [0.3, 0.4) is 0 Å². The van der Waals surface area contributed by atoms with Crippen molar-refractivity contribution in [3.05, 3.63) is 64.3 Å². The Balaban J connectivity index is 2.38. The summed E-state index contributed by atoms with van der Waals surface area (Å²) in [6.45, 7) is 4.00. The van der Waals surface area contributed by atoms with Crippen LogP contribution in [-0.4, -0.2) is 27.2 Å². The molecule has 0 spiro atoms. The summed E-state index contributed by atoms with van der Waals surface area (Å²) in [5.41, 5.74) is -0.0745. The lowest BCUT2D eigenvalue weighted by atomic mass is 10.1. The summed E-state index contributed by atoms with van der Waals surface area (Å²) in [6.07, 6.45) is 1.52. The molecule has 0 amide bonds. The zero-order chi connectivity index (χ0) is 16.2. The second-order valence-corrected chi connectivity index (χ2v) is 5.76. The fourth-order valence-corrected chi connectivity index (χ4v) is 2.25. The lowest BCUT2D eigenvalue weighted by molar-refractivity contribution is -0.384. The largest absolute Gasteiger partial charge is 0.389 e. The average Bonchev–Trinajstić information content (AvgIpc) is 2.46. The van der Waals surface area contributed by atoms with Crippen LogP contribution in [0.25, 0.3) is 0 Å². The Hall–Kier alpha value is -2.47. The molecule has 0 aliphatic rings. The predicted octanol–water partition coefficient (Wildman–Crippen LogP) is 2.77. The van der Waals surface area contributed by atoms with Crippen LogP contribution in [0.5, 0.6) is 0 Å². The van der Waals surface area contributed by atoms with Gasteiger partial charge in [0.15, 0.2) is 0 Å². The summed E-state index contributed by atoms with van der Waals surface area (Å²) in [4.78, 5) is 16.7. The number of pyridine rings is 1. The number of nitrogens with zero attached hydrogens (tertiary/aromatic N) is 3. The number of hydrogen-bond acceptors (Lipinski definition) is 5. The Labute approximate surface area is 129 Å². The van der Waals surface area contributed by atoms with E-state index in [1.54, 1.807) is 18.7 Å². The van der Waals surface area contributed by atoms with Crippen LogP contribution in [0.1, 0.15) is 19.4 Å². The zero-order valence-corrected chi connectivity index (χ0v) is 12.6. The highest BCUT2D eigenvalue weighted by Crippen LogP contribution is 2.27. The van der Waals surface area contributed by atoms with E-state index < -0.39 is 10.5 Å². The highest BCUT2D eigenvalue weighted by Gasteiger charge is 2.25. The van der Waals surface area contributed by atoms with Crippen molar-refractivity contribution in [2.75, 3.05) is 11.4 Å². The van der Waals surface area contributed by atoms with Gasteiger partial charge in [0.25, 0.3) is 0 Å². The summed E-state index contributed by atoms with van der Waals surface area (Å²) in [5.74, 6) is 0.262. The first kappa shape index (κ1) is 15.9. The Morgan fingerprint density at radius 3 is 2.50 bits per heavy atom. The van der Waals surface area contributed by atoms with Crippen molar-refractivity contribution >= 4 is 11.5 Å². The normalized spacial score (nSPS) is 11.2. The van der Waals surface area contributed by atoms with Gasteiger partial charge in [-0.2, -0.15) is 0 Å². The molecular weight excluding hydrogens is 282 g/mol. The minimum absolute atomic E-state index is 0.0670. The number of aromatic nitrogens is 1. The second-order valence-electron chi connectivity index (χ2n) is 5.76. The van der Waals surface area contributed by atoms with Gasteiger partial charge in [0.1, 0.15) is 0 Å². The van der Waals surface area contributed by atoms with Crippen LogP contribution in [0, 0.1) is 10.1 Å². The van der Waals surface area contributed by atoms with Gasteiger partial charge in [-0.25, -0.2) is 4.98 Å². The van der Waals surface area contributed by atoms with E-state index in [0.29, 0.717) is 6.54 Å². The van der Waals surface area contributed by atoms with Gasteiger partial charge in [-0.15, -0.1) is 0 Å². The van der Waals surface area contributed by atoms with Crippen molar-refractivity contribution in [2.24, 2.45) is 0 Å². The van der Waals surface area contributed by atoms with Gasteiger partial charge < -0.3 is 10.0 Å². The van der Waals surface area contributed by atoms with Gasteiger partial charge in [0, 0.05) is 25.4 Å². The standard InChI is InChI=1S/C16H19N3O3/c1-16(2,20)12-18(11-13-7-4-3-5-8-13)15-14(19(21)22)9-6-10-17-15/h3-10,20H,11-12H2,1-2H3. The van der Waals surface area contributed by atoms with Crippen molar-refractivity contribution in [1.29, 1.82) is 0 Å². The number of benzene rings is 1. The summed E-state index contributed by atoms with van der Waals surface area (Å²) in [7, 11) is 0. The van der Waals surface area contributed by atoms with Crippen LogP contribution in [0.2, 0.25) is 0 Å². The maximum Gasteiger partial charge on any atom is 0.311 e. The van der Waals surface area contributed by atoms with Gasteiger partial charge in [-0.1, -0.05) is 30.3 Å². The van der Waals surface area contributed by atoms with Crippen LogP contribution in [-0.2, 0) is 6.54 Å². The van der Waals surface area contributed by atoms with Gasteiger partial charge >= 0.3 is 5.69 Å². The first-order valence-corrected chi connectivity index (χ1v) is 6.97. The first-order chi connectivity index (χ1) is 10.4. The number of anilines is 1. The molecule has 116 valence electrons. The summed E-state index contributed by atoms with van der Waals surface area (Å²) in [5, 5.41) is 21.3. The molecule has 6 heteroatoms. The number of hydrogen-bond donors (Lipinski definition) is 1.